The molecule has 0 heterocycles. The van der Waals surface area contributed by atoms with Crippen LogP contribution in [0.25, 0.3) is 0 Å². The molecule has 0 aliphatic carbocycles. The molecule has 2 N–H and O–H groups in total. The van der Waals surface area contributed by atoms with E-state index in [4.69, 9.17) is 5.73 Å². The summed E-state index contributed by atoms with van der Waals surface area (Å²) in [6.07, 6.45) is 0. The molecule has 0 atom stereocenters. The van der Waals surface area contributed by atoms with Gasteiger partial charge in [-0.1, -0.05) is 0 Å². The van der Waals surface area contributed by atoms with Crippen molar-refractivity contribution in [1.29, 1.82) is 0 Å². The van der Waals surface area contributed by atoms with E-state index in [1.165, 1.54) is 0 Å². The van der Waals surface area contributed by atoms with E-state index in [1.54, 1.807) is 6.92 Å². The van der Waals surface area contributed by atoms with Crippen molar-refractivity contribution in [1.82, 2.24) is 0 Å². The summed E-state index contributed by atoms with van der Waals surface area (Å²) in [4.78, 5) is 11.2. The van der Waals surface area contributed by atoms with Gasteiger partial charge < -0.3 is 10.5 Å². The van der Waals surface area contributed by atoms with Crippen LogP contribution in [-0.4, -0.2) is 12.6 Å². The normalized spacial score (nSPS) is 10.1. The highest BCUT2D eigenvalue weighted by Gasteiger charge is 2.19. The Bertz CT molecular complexity index is 357. The zero-order valence-electron chi connectivity index (χ0n) is 8.22. The molecule has 1 aromatic rings. The van der Waals surface area contributed by atoms with E-state index in [9.17, 15) is 13.6 Å². The summed E-state index contributed by atoms with van der Waals surface area (Å²) in [5.41, 5.74) is 4.84. The largest absolute Gasteiger partial charge is 0.462 e. The molecular weight excluding hydrogens is 204 g/mol. The van der Waals surface area contributed by atoms with Crippen molar-refractivity contribution in [3.05, 3.63) is 34.9 Å². The molecule has 5 heteroatoms. The number of ether oxygens (including phenoxy) is 1. The highest BCUT2D eigenvalue weighted by molar-refractivity contribution is 5.90. The third kappa shape index (κ3) is 2.50. The Morgan fingerprint density at radius 1 is 1.40 bits per heavy atom. The van der Waals surface area contributed by atoms with E-state index in [0.29, 0.717) is 0 Å². The molecule has 0 radical (unpaired) electrons. The van der Waals surface area contributed by atoms with Crippen LogP contribution in [0.4, 0.5) is 8.78 Å². The van der Waals surface area contributed by atoms with Gasteiger partial charge in [0.25, 0.3) is 0 Å². The first kappa shape index (κ1) is 11.6. The molecule has 1 rings (SSSR count). The number of carbonyl (C=O) groups is 1. The van der Waals surface area contributed by atoms with Gasteiger partial charge in [0.05, 0.1) is 6.61 Å². The van der Waals surface area contributed by atoms with E-state index >= 15 is 0 Å². The molecule has 82 valence electrons. The van der Waals surface area contributed by atoms with Gasteiger partial charge in [0.15, 0.2) is 0 Å². The Hall–Kier alpha value is -1.49. The Labute approximate surface area is 85.8 Å². The van der Waals surface area contributed by atoms with Gasteiger partial charge in [-0.15, -0.1) is 0 Å². The second-order valence-corrected chi connectivity index (χ2v) is 2.86. The van der Waals surface area contributed by atoms with Crippen molar-refractivity contribution < 1.29 is 18.3 Å². The predicted molar refractivity (Wildman–Crippen MR) is 50.2 cm³/mol. The molecule has 0 amide bonds. The number of hydrogen-bond acceptors (Lipinski definition) is 3. The van der Waals surface area contributed by atoms with Gasteiger partial charge in [-0.3, -0.25) is 0 Å². The molecule has 0 saturated heterocycles. The second-order valence-electron chi connectivity index (χ2n) is 2.86. The number of rotatable bonds is 3. The quantitative estimate of drug-likeness (QED) is 0.779. The summed E-state index contributed by atoms with van der Waals surface area (Å²) in [5.74, 6) is -2.90. The number of nitrogens with two attached hydrogens (primary N) is 1. The average molecular weight is 215 g/mol. The van der Waals surface area contributed by atoms with E-state index in [1.807, 2.05) is 0 Å². The Morgan fingerprint density at radius 3 is 2.33 bits per heavy atom. The van der Waals surface area contributed by atoms with Gasteiger partial charge in [-0.2, -0.15) is 0 Å². The number of carbonyl (C=O) groups excluding carboxylic acids is 1. The third-order valence-corrected chi connectivity index (χ3v) is 1.82. The van der Waals surface area contributed by atoms with Crippen LogP contribution < -0.4 is 5.73 Å². The zero-order chi connectivity index (χ0) is 11.4. The van der Waals surface area contributed by atoms with Crippen LogP contribution in [0.3, 0.4) is 0 Å². The van der Waals surface area contributed by atoms with Gasteiger partial charge in [0.2, 0.25) is 0 Å². The highest BCUT2D eigenvalue weighted by atomic mass is 19.1. The summed E-state index contributed by atoms with van der Waals surface area (Å²) in [5, 5.41) is 0. The maximum atomic E-state index is 13.3. The Balaban J connectivity index is 3.13. The van der Waals surface area contributed by atoms with Crippen LogP contribution >= 0.6 is 0 Å². The first-order chi connectivity index (χ1) is 7.10. The van der Waals surface area contributed by atoms with Crippen LogP contribution in [0.1, 0.15) is 22.8 Å². The fourth-order valence-corrected chi connectivity index (χ4v) is 1.14. The predicted octanol–water partition coefficient (Wildman–Crippen LogP) is 1.60. The molecular formula is C10H11F2NO2. The molecule has 0 fully saturated rings. The van der Waals surface area contributed by atoms with Crippen LogP contribution in [0, 0.1) is 11.6 Å². The molecule has 0 saturated carbocycles. The topological polar surface area (TPSA) is 52.3 Å². The smallest absolute Gasteiger partial charge is 0.344 e. The number of benzene rings is 1. The molecule has 15 heavy (non-hydrogen) atoms. The number of esters is 1. The fourth-order valence-electron chi connectivity index (χ4n) is 1.14. The number of halogens is 2. The van der Waals surface area contributed by atoms with Crippen LogP contribution in [0.15, 0.2) is 12.1 Å². The first-order valence-electron chi connectivity index (χ1n) is 4.45. The minimum atomic E-state index is -1.00. The fraction of sp³-hybridized carbons (Fsp3) is 0.300. The second kappa shape index (κ2) is 4.84. The first-order valence-corrected chi connectivity index (χ1v) is 4.45. The lowest BCUT2D eigenvalue weighted by atomic mass is 10.1. The summed E-state index contributed by atoms with van der Waals surface area (Å²) < 4.78 is 31.1. The van der Waals surface area contributed by atoms with Crippen molar-refractivity contribution in [2.75, 3.05) is 6.61 Å². The molecule has 0 bridgehead atoms. The molecule has 0 spiro atoms. The zero-order valence-corrected chi connectivity index (χ0v) is 8.22. The Morgan fingerprint density at radius 2 is 1.93 bits per heavy atom. The lowest BCUT2D eigenvalue weighted by molar-refractivity contribution is 0.0515. The highest BCUT2D eigenvalue weighted by Crippen LogP contribution is 2.16. The van der Waals surface area contributed by atoms with E-state index in [-0.39, 0.29) is 18.7 Å². The maximum Gasteiger partial charge on any atom is 0.344 e. The summed E-state index contributed by atoms with van der Waals surface area (Å²) >= 11 is 0. The number of hydrogen-bond donors (Lipinski definition) is 1. The van der Waals surface area contributed by atoms with E-state index < -0.39 is 23.2 Å². The SMILES string of the molecule is CCOC(=O)c1c(F)cc(CN)cc1F. The lowest BCUT2D eigenvalue weighted by Gasteiger charge is -2.06. The van der Waals surface area contributed by atoms with Gasteiger partial charge in [0, 0.05) is 6.54 Å². The van der Waals surface area contributed by atoms with Gasteiger partial charge in [-0.05, 0) is 24.6 Å². The van der Waals surface area contributed by atoms with E-state index in [0.717, 1.165) is 12.1 Å². The van der Waals surface area contributed by atoms with Crippen LogP contribution in [0.5, 0.6) is 0 Å². The summed E-state index contributed by atoms with van der Waals surface area (Å²) in [6.45, 7) is 1.63. The molecule has 3 nitrogen and oxygen atoms in total. The molecule has 0 aliphatic rings. The van der Waals surface area contributed by atoms with E-state index in [2.05, 4.69) is 4.74 Å². The van der Waals surface area contributed by atoms with Crippen molar-refractivity contribution in [3.8, 4) is 0 Å². The van der Waals surface area contributed by atoms with Gasteiger partial charge in [0.1, 0.15) is 17.2 Å². The molecule has 1 aromatic carbocycles. The van der Waals surface area contributed by atoms with Crippen LogP contribution in [0.2, 0.25) is 0 Å². The van der Waals surface area contributed by atoms with Gasteiger partial charge >= 0.3 is 5.97 Å². The monoisotopic (exact) mass is 215 g/mol. The van der Waals surface area contributed by atoms with Gasteiger partial charge in [-0.25, -0.2) is 13.6 Å². The average Bonchev–Trinajstić information content (AvgIpc) is 2.16. The summed E-state index contributed by atoms with van der Waals surface area (Å²) in [7, 11) is 0. The van der Waals surface area contributed by atoms with Crippen molar-refractivity contribution in [2.45, 2.75) is 13.5 Å². The summed E-state index contributed by atoms with van der Waals surface area (Å²) in [6, 6.07) is 2.05. The molecule has 0 unspecified atom stereocenters. The molecule has 0 aliphatic heterocycles. The minimum absolute atomic E-state index is 0.0109. The van der Waals surface area contributed by atoms with Crippen molar-refractivity contribution in [3.63, 3.8) is 0 Å². The minimum Gasteiger partial charge on any atom is -0.462 e. The van der Waals surface area contributed by atoms with Crippen molar-refractivity contribution >= 4 is 5.97 Å². The third-order valence-electron chi connectivity index (χ3n) is 1.82. The lowest BCUT2D eigenvalue weighted by Crippen LogP contribution is -2.11. The maximum absolute atomic E-state index is 13.3. The standard InChI is InChI=1S/C10H11F2NO2/c1-2-15-10(14)9-7(11)3-6(5-13)4-8(9)12/h3-4H,2,5,13H2,1H3. The molecule has 0 aromatic heterocycles. The Kier molecular flexibility index (Phi) is 3.74. The van der Waals surface area contributed by atoms with Crippen LogP contribution in [-0.2, 0) is 11.3 Å². The van der Waals surface area contributed by atoms with Crippen molar-refractivity contribution in [2.24, 2.45) is 5.73 Å².